The van der Waals surface area contributed by atoms with Crippen molar-refractivity contribution in [2.45, 2.75) is 12.3 Å². The van der Waals surface area contributed by atoms with Crippen LogP contribution in [0.2, 0.25) is 0 Å². The highest BCUT2D eigenvalue weighted by Crippen LogP contribution is 2.30. The summed E-state index contributed by atoms with van der Waals surface area (Å²) in [6, 6.07) is 11.6. The van der Waals surface area contributed by atoms with Crippen LogP contribution in [0.4, 0.5) is 10.5 Å². The average Bonchev–Trinajstić information content (AvgIpc) is 3.18. The number of urea groups is 1. The van der Waals surface area contributed by atoms with Crippen LogP contribution < -0.4 is 10.1 Å². The van der Waals surface area contributed by atoms with Gasteiger partial charge in [0.2, 0.25) is 0 Å². The van der Waals surface area contributed by atoms with Gasteiger partial charge in [-0.15, -0.1) is 11.3 Å². The lowest BCUT2D eigenvalue weighted by Gasteiger charge is -2.17. The van der Waals surface area contributed by atoms with Gasteiger partial charge in [-0.2, -0.15) is 0 Å². The maximum absolute atomic E-state index is 12.3. The summed E-state index contributed by atoms with van der Waals surface area (Å²) in [5.41, 5.74) is 0.763. The molecule has 2 heterocycles. The summed E-state index contributed by atoms with van der Waals surface area (Å²) in [6.45, 7) is 1.59. The molecule has 1 fully saturated rings. The number of ether oxygens (including phenoxy) is 1. The summed E-state index contributed by atoms with van der Waals surface area (Å²) in [4.78, 5) is 15.6. The van der Waals surface area contributed by atoms with Crippen LogP contribution in [0.15, 0.2) is 41.8 Å². The Bertz CT molecular complexity index is 612. The smallest absolute Gasteiger partial charge is 0.321 e. The van der Waals surface area contributed by atoms with Crippen LogP contribution in [0.5, 0.6) is 5.75 Å². The molecule has 1 atom stereocenters. The summed E-state index contributed by atoms with van der Waals surface area (Å²) < 4.78 is 5.16. The third-order valence-corrected chi connectivity index (χ3v) is 4.78. The molecule has 0 spiro atoms. The number of hydrogen-bond acceptors (Lipinski definition) is 3. The van der Waals surface area contributed by atoms with E-state index < -0.39 is 0 Å². The van der Waals surface area contributed by atoms with E-state index in [4.69, 9.17) is 4.74 Å². The van der Waals surface area contributed by atoms with E-state index in [9.17, 15) is 4.79 Å². The van der Waals surface area contributed by atoms with E-state index in [1.165, 1.54) is 4.88 Å². The Morgan fingerprint density at radius 3 is 3.05 bits per heavy atom. The number of amides is 2. The molecular weight excluding hydrogens is 284 g/mol. The molecule has 1 aromatic carbocycles. The Morgan fingerprint density at radius 1 is 1.38 bits per heavy atom. The summed E-state index contributed by atoms with van der Waals surface area (Å²) >= 11 is 1.77. The highest BCUT2D eigenvalue weighted by Gasteiger charge is 2.27. The Morgan fingerprint density at radius 2 is 2.29 bits per heavy atom. The van der Waals surface area contributed by atoms with E-state index in [0.717, 1.165) is 30.9 Å². The van der Waals surface area contributed by atoms with Gasteiger partial charge >= 0.3 is 6.03 Å². The highest BCUT2D eigenvalue weighted by molar-refractivity contribution is 7.10. The molecule has 3 rings (SSSR count). The number of carbonyl (C=O) groups excluding carboxylic acids is 1. The van der Waals surface area contributed by atoms with E-state index >= 15 is 0 Å². The topological polar surface area (TPSA) is 41.6 Å². The minimum absolute atomic E-state index is 0.0395. The molecule has 110 valence electrons. The fraction of sp³-hybridized carbons (Fsp3) is 0.312. The number of thiophene rings is 1. The Labute approximate surface area is 128 Å². The predicted octanol–water partition coefficient (Wildman–Crippen LogP) is 3.78. The number of hydrogen-bond donors (Lipinski definition) is 1. The number of carbonyl (C=O) groups is 1. The minimum atomic E-state index is -0.0395. The van der Waals surface area contributed by atoms with Crippen molar-refractivity contribution in [2.75, 3.05) is 25.5 Å². The number of rotatable bonds is 3. The van der Waals surface area contributed by atoms with Crippen LogP contribution >= 0.6 is 11.3 Å². The van der Waals surface area contributed by atoms with E-state index in [0.29, 0.717) is 5.92 Å². The standard InChI is InChI=1S/C16H18N2O2S/c1-20-14-5-2-4-13(10-14)17-16(19)18-8-7-12(11-18)15-6-3-9-21-15/h2-6,9-10,12H,7-8,11H2,1H3,(H,17,19). The Hall–Kier alpha value is -2.01. The molecule has 4 nitrogen and oxygen atoms in total. The maximum Gasteiger partial charge on any atom is 0.321 e. The molecule has 21 heavy (non-hydrogen) atoms. The minimum Gasteiger partial charge on any atom is -0.497 e. The van der Waals surface area contributed by atoms with Crippen molar-refractivity contribution >= 4 is 23.1 Å². The van der Waals surface area contributed by atoms with Gasteiger partial charge in [0.1, 0.15) is 5.75 Å². The largest absolute Gasteiger partial charge is 0.497 e. The summed E-state index contributed by atoms with van der Waals surface area (Å²) in [5.74, 6) is 1.21. The second kappa shape index (κ2) is 6.18. The van der Waals surface area contributed by atoms with Gasteiger partial charge in [0.25, 0.3) is 0 Å². The number of nitrogens with zero attached hydrogens (tertiary/aromatic N) is 1. The molecule has 2 amide bonds. The van der Waals surface area contributed by atoms with Gasteiger partial charge in [-0.05, 0) is 30.0 Å². The van der Waals surface area contributed by atoms with Crippen LogP contribution in [0.1, 0.15) is 17.2 Å². The van der Waals surface area contributed by atoms with Gasteiger partial charge in [-0.1, -0.05) is 12.1 Å². The van der Waals surface area contributed by atoms with Crippen LogP contribution in [0.25, 0.3) is 0 Å². The highest BCUT2D eigenvalue weighted by atomic mass is 32.1. The van der Waals surface area contributed by atoms with Crippen molar-refractivity contribution in [2.24, 2.45) is 0 Å². The Balaban J connectivity index is 1.61. The van der Waals surface area contributed by atoms with Crippen LogP contribution in [0, 0.1) is 0 Å². The molecular formula is C16H18N2O2S. The zero-order valence-corrected chi connectivity index (χ0v) is 12.7. The van der Waals surface area contributed by atoms with Gasteiger partial charge in [0.15, 0.2) is 0 Å². The molecule has 2 aromatic rings. The van der Waals surface area contributed by atoms with Crippen molar-refractivity contribution in [3.05, 3.63) is 46.7 Å². The number of likely N-dealkylation sites (tertiary alicyclic amines) is 1. The molecule has 1 saturated heterocycles. The third kappa shape index (κ3) is 3.19. The molecule has 0 radical (unpaired) electrons. The van der Waals surface area contributed by atoms with E-state index in [2.05, 4.69) is 22.8 Å². The lowest BCUT2D eigenvalue weighted by atomic mass is 10.1. The molecule has 1 N–H and O–H groups in total. The van der Waals surface area contributed by atoms with Gasteiger partial charge < -0.3 is 15.0 Å². The molecule has 0 saturated carbocycles. The van der Waals surface area contributed by atoms with Crippen LogP contribution in [-0.2, 0) is 0 Å². The van der Waals surface area contributed by atoms with Crippen molar-refractivity contribution in [3.8, 4) is 5.75 Å². The molecule has 1 unspecified atom stereocenters. The van der Waals surface area contributed by atoms with E-state index in [1.54, 1.807) is 18.4 Å². The summed E-state index contributed by atoms with van der Waals surface area (Å²) in [7, 11) is 1.62. The molecule has 0 bridgehead atoms. The van der Waals surface area contributed by atoms with Gasteiger partial charge in [0.05, 0.1) is 7.11 Å². The van der Waals surface area contributed by atoms with Crippen LogP contribution in [-0.4, -0.2) is 31.1 Å². The zero-order valence-electron chi connectivity index (χ0n) is 11.9. The molecule has 1 aliphatic heterocycles. The van der Waals surface area contributed by atoms with Gasteiger partial charge in [-0.3, -0.25) is 0 Å². The fourth-order valence-electron chi connectivity index (χ4n) is 2.60. The maximum atomic E-state index is 12.3. The molecule has 1 aliphatic rings. The van der Waals surface area contributed by atoms with Crippen molar-refractivity contribution in [1.29, 1.82) is 0 Å². The van der Waals surface area contributed by atoms with E-state index in [-0.39, 0.29) is 6.03 Å². The second-order valence-corrected chi connectivity index (χ2v) is 6.09. The fourth-order valence-corrected chi connectivity index (χ4v) is 3.46. The average molecular weight is 302 g/mol. The lowest BCUT2D eigenvalue weighted by molar-refractivity contribution is 0.222. The zero-order chi connectivity index (χ0) is 14.7. The normalized spacial score (nSPS) is 17.8. The Kier molecular flexibility index (Phi) is 4.10. The van der Waals surface area contributed by atoms with Gasteiger partial charge in [0, 0.05) is 35.6 Å². The molecule has 0 aliphatic carbocycles. The lowest BCUT2D eigenvalue weighted by Crippen LogP contribution is -2.32. The SMILES string of the molecule is COc1cccc(NC(=O)N2CCC(c3cccs3)C2)c1. The number of nitrogens with one attached hydrogen (secondary N) is 1. The molecule has 5 heteroatoms. The van der Waals surface area contributed by atoms with Gasteiger partial charge in [-0.25, -0.2) is 4.79 Å². The first-order valence-corrected chi connectivity index (χ1v) is 7.87. The van der Waals surface area contributed by atoms with E-state index in [1.807, 2.05) is 29.2 Å². The van der Waals surface area contributed by atoms with Crippen molar-refractivity contribution in [3.63, 3.8) is 0 Å². The third-order valence-electron chi connectivity index (χ3n) is 3.74. The number of anilines is 1. The second-order valence-electron chi connectivity index (χ2n) is 5.11. The number of methoxy groups -OCH3 is 1. The first-order valence-electron chi connectivity index (χ1n) is 6.99. The first-order chi connectivity index (χ1) is 10.3. The molecule has 1 aromatic heterocycles. The van der Waals surface area contributed by atoms with Crippen molar-refractivity contribution < 1.29 is 9.53 Å². The predicted molar refractivity (Wildman–Crippen MR) is 85.3 cm³/mol. The summed E-state index contributed by atoms with van der Waals surface area (Å²) in [6.07, 6.45) is 1.03. The number of benzene rings is 1. The van der Waals surface area contributed by atoms with Crippen LogP contribution in [0.3, 0.4) is 0 Å². The monoisotopic (exact) mass is 302 g/mol. The quantitative estimate of drug-likeness (QED) is 0.937. The first kappa shape index (κ1) is 13.9. The van der Waals surface area contributed by atoms with Crippen molar-refractivity contribution in [1.82, 2.24) is 4.90 Å². The summed E-state index contributed by atoms with van der Waals surface area (Å²) in [5, 5.41) is 5.03.